The Morgan fingerprint density at radius 2 is 1.79 bits per heavy atom. The molecule has 1 aliphatic rings. The van der Waals surface area contributed by atoms with Crippen LogP contribution in [-0.2, 0) is 4.79 Å². The van der Waals surface area contributed by atoms with Crippen LogP contribution in [0.1, 0.15) is 27.7 Å². The Morgan fingerprint density at radius 1 is 1.14 bits per heavy atom. The van der Waals surface area contributed by atoms with Crippen LogP contribution in [0.15, 0.2) is 29.3 Å². The van der Waals surface area contributed by atoms with Crippen molar-refractivity contribution in [1.29, 1.82) is 0 Å². The summed E-state index contributed by atoms with van der Waals surface area (Å²) in [5, 5.41) is 6.27. The number of nitrogens with zero attached hydrogens (tertiary/aromatic N) is 3. The lowest BCUT2D eigenvalue weighted by atomic mass is 9.92. The zero-order chi connectivity index (χ0) is 20.6. The third-order valence-electron chi connectivity index (χ3n) is 4.91. The van der Waals surface area contributed by atoms with E-state index >= 15 is 0 Å². The minimum absolute atomic E-state index is 0. The first-order valence-electron chi connectivity index (χ1n) is 10.1. The van der Waals surface area contributed by atoms with Gasteiger partial charge in [0.05, 0.1) is 19.1 Å². The van der Waals surface area contributed by atoms with E-state index in [1.54, 1.807) is 7.11 Å². The zero-order valence-corrected chi connectivity index (χ0v) is 20.7. The van der Waals surface area contributed by atoms with Crippen LogP contribution in [-0.4, -0.2) is 69.7 Å². The summed E-state index contributed by atoms with van der Waals surface area (Å²) in [6, 6.07) is 8.18. The average Bonchev–Trinajstić information content (AvgIpc) is 2.71. The molecule has 0 aliphatic carbocycles. The van der Waals surface area contributed by atoms with Gasteiger partial charge in [-0.2, -0.15) is 0 Å². The Morgan fingerprint density at radius 3 is 2.38 bits per heavy atom. The summed E-state index contributed by atoms with van der Waals surface area (Å²) >= 11 is 0. The van der Waals surface area contributed by atoms with Crippen LogP contribution in [0.4, 0.5) is 5.69 Å². The molecule has 1 aromatic rings. The van der Waals surface area contributed by atoms with Crippen molar-refractivity contribution in [2.75, 3.05) is 57.8 Å². The number of anilines is 1. The number of nitrogens with one attached hydrogen (secondary N) is 2. The van der Waals surface area contributed by atoms with Crippen molar-refractivity contribution in [1.82, 2.24) is 15.5 Å². The molecule has 164 valence electrons. The number of rotatable bonds is 7. The second-order valence-corrected chi connectivity index (χ2v) is 7.59. The first-order valence-corrected chi connectivity index (χ1v) is 10.1. The van der Waals surface area contributed by atoms with Crippen LogP contribution >= 0.6 is 24.0 Å². The van der Waals surface area contributed by atoms with Gasteiger partial charge in [0.2, 0.25) is 5.91 Å². The van der Waals surface area contributed by atoms with Gasteiger partial charge >= 0.3 is 0 Å². The number of ether oxygens (including phenoxy) is 1. The maximum absolute atomic E-state index is 12.2. The standard InChI is InChI=1S/C21H35N5O2.HI/c1-6-22-19(27)21(3,4)16-24-20(23-7-2)26-13-11-25(12-14-26)17-9-8-10-18(15-17)28-5;/h8-10,15H,6-7,11-14,16H2,1-5H3,(H,22,27)(H,23,24);1H. The fraction of sp³-hybridized carbons (Fsp3) is 0.619. The molecular formula is C21H36IN5O2. The van der Waals surface area contributed by atoms with Gasteiger partial charge < -0.3 is 25.2 Å². The number of carbonyl (C=O) groups excluding carboxylic acids is 1. The third-order valence-corrected chi connectivity index (χ3v) is 4.91. The van der Waals surface area contributed by atoms with E-state index in [0.29, 0.717) is 13.1 Å². The highest BCUT2D eigenvalue weighted by Crippen LogP contribution is 2.22. The van der Waals surface area contributed by atoms with E-state index < -0.39 is 5.41 Å². The Bertz CT molecular complexity index is 673. The molecule has 0 radical (unpaired) electrons. The van der Waals surface area contributed by atoms with Gasteiger partial charge in [-0.15, -0.1) is 24.0 Å². The lowest BCUT2D eigenvalue weighted by Crippen LogP contribution is -2.53. The molecule has 1 aromatic carbocycles. The van der Waals surface area contributed by atoms with Crippen molar-refractivity contribution in [3.63, 3.8) is 0 Å². The molecule has 1 amide bonds. The Kier molecular flexibility index (Phi) is 10.6. The summed E-state index contributed by atoms with van der Waals surface area (Å²) in [5.74, 6) is 1.80. The molecule has 2 rings (SSSR count). The largest absolute Gasteiger partial charge is 0.497 e. The quantitative estimate of drug-likeness (QED) is 0.331. The number of amides is 1. The smallest absolute Gasteiger partial charge is 0.227 e. The monoisotopic (exact) mass is 517 g/mol. The van der Waals surface area contributed by atoms with Gasteiger partial charge in [0.25, 0.3) is 0 Å². The van der Waals surface area contributed by atoms with E-state index in [-0.39, 0.29) is 29.9 Å². The van der Waals surface area contributed by atoms with Gasteiger partial charge in [-0.1, -0.05) is 6.07 Å². The van der Waals surface area contributed by atoms with Gasteiger partial charge in [-0.25, -0.2) is 0 Å². The number of hydrogen-bond donors (Lipinski definition) is 2. The SMILES string of the molecule is CCNC(=O)C(C)(C)CN=C(NCC)N1CCN(c2cccc(OC)c2)CC1.I. The first kappa shape index (κ1) is 25.3. The molecule has 0 aromatic heterocycles. The maximum atomic E-state index is 12.2. The van der Waals surface area contributed by atoms with Crippen molar-refractivity contribution in [2.45, 2.75) is 27.7 Å². The van der Waals surface area contributed by atoms with Crippen molar-refractivity contribution in [2.24, 2.45) is 10.4 Å². The molecule has 0 bridgehead atoms. The molecule has 1 fully saturated rings. The van der Waals surface area contributed by atoms with Crippen LogP contribution in [0.3, 0.4) is 0 Å². The number of piperazine rings is 1. The van der Waals surface area contributed by atoms with Crippen molar-refractivity contribution in [3.8, 4) is 5.75 Å². The molecule has 7 nitrogen and oxygen atoms in total. The number of carbonyl (C=O) groups is 1. The van der Waals surface area contributed by atoms with Crippen LogP contribution in [0.25, 0.3) is 0 Å². The van der Waals surface area contributed by atoms with E-state index in [1.165, 1.54) is 5.69 Å². The fourth-order valence-electron chi connectivity index (χ4n) is 3.15. The number of halogens is 1. The van der Waals surface area contributed by atoms with Crippen molar-refractivity contribution >= 4 is 41.5 Å². The average molecular weight is 517 g/mol. The predicted molar refractivity (Wildman–Crippen MR) is 131 cm³/mol. The minimum atomic E-state index is -0.529. The molecule has 29 heavy (non-hydrogen) atoms. The Balaban J connectivity index is 0.00000420. The summed E-state index contributed by atoms with van der Waals surface area (Å²) in [7, 11) is 1.69. The highest BCUT2D eigenvalue weighted by molar-refractivity contribution is 14.0. The zero-order valence-electron chi connectivity index (χ0n) is 18.3. The van der Waals surface area contributed by atoms with Crippen LogP contribution in [0.2, 0.25) is 0 Å². The number of benzene rings is 1. The highest BCUT2D eigenvalue weighted by Gasteiger charge is 2.28. The molecule has 0 saturated carbocycles. The van der Waals surface area contributed by atoms with Gasteiger partial charge in [0.1, 0.15) is 5.75 Å². The molecule has 2 N–H and O–H groups in total. The number of hydrogen-bond acceptors (Lipinski definition) is 4. The molecule has 0 spiro atoms. The van der Waals surface area contributed by atoms with E-state index in [4.69, 9.17) is 9.73 Å². The normalized spacial score (nSPS) is 14.9. The summed E-state index contributed by atoms with van der Waals surface area (Å²) in [4.78, 5) is 21.6. The summed E-state index contributed by atoms with van der Waals surface area (Å²) in [6.07, 6.45) is 0. The van der Waals surface area contributed by atoms with Gasteiger partial charge in [-0.05, 0) is 39.8 Å². The van der Waals surface area contributed by atoms with E-state index in [1.807, 2.05) is 32.9 Å². The van der Waals surface area contributed by atoms with E-state index in [9.17, 15) is 4.79 Å². The first-order chi connectivity index (χ1) is 13.4. The number of methoxy groups -OCH3 is 1. The second kappa shape index (κ2) is 12.1. The molecule has 0 atom stereocenters. The van der Waals surface area contributed by atoms with E-state index in [2.05, 4.69) is 39.5 Å². The second-order valence-electron chi connectivity index (χ2n) is 7.59. The summed E-state index contributed by atoms with van der Waals surface area (Å²) in [5.41, 5.74) is 0.650. The van der Waals surface area contributed by atoms with Gasteiger partial charge in [-0.3, -0.25) is 9.79 Å². The number of aliphatic imine (C=N–C) groups is 1. The predicted octanol–water partition coefficient (Wildman–Crippen LogP) is 2.56. The van der Waals surface area contributed by atoms with Crippen LogP contribution in [0, 0.1) is 5.41 Å². The van der Waals surface area contributed by atoms with Crippen LogP contribution < -0.4 is 20.3 Å². The topological polar surface area (TPSA) is 69.2 Å². The molecule has 1 saturated heterocycles. The van der Waals surface area contributed by atoms with Gasteiger partial charge in [0, 0.05) is 51.0 Å². The van der Waals surface area contributed by atoms with Crippen molar-refractivity contribution in [3.05, 3.63) is 24.3 Å². The molecule has 0 unspecified atom stereocenters. The van der Waals surface area contributed by atoms with E-state index in [0.717, 1.165) is 44.4 Å². The highest BCUT2D eigenvalue weighted by atomic mass is 127. The molecule has 8 heteroatoms. The molecular weight excluding hydrogens is 481 g/mol. The minimum Gasteiger partial charge on any atom is -0.497 e. The lowest BCUT2D eigenvalue weighted by molar-refractivity contribution is -0.128. The molecule has 1 aliphatic heterocycles. The molecule has 1 heterocycles. The lowest BCUT2D eigenvalue weighted by Gasteiger charge is -2.38. The van der Waals surface area contributed by atoms with Crippen LogP contribution in [0.5, 0.6) is 5.75 Å². The third kappa shape index (κ3) is 7.24. The van der Waals surface area contributed by atoms with Crippen molar-refractivity contribution < 1.29 is 9.53 Å². The summed E-state index contributed by atoms with van der Waals surface area (Å²) in [6.45, 7) is 13.4. The Labute approximate surface area is 192 Å². The summed E-state index contributed by atoms with van der Waals surface area (Å²) < 4.78 is 5.34. The van der Waals surface area contributed by atoms with Gasteiger partial charge in [0.15, 0.2) is 5.96 Å². The maximum Gasteiger partial charge on any atom is 0.227 e. The Hall–Kier alpha value is -1.71. The fourth-order valence-corrected chi connectivity index (χ4v) is 3.15. The number of guanidine groups is 1.